The van der Waals surface area contributed by atoms with Crippen molar-refractivity contribution >= 4 is 16.9 Å². The first-order valence-electron chi connectivity index (χ1n) is 11.5. The fraction of sp³-hybridized carbons (Fsp3) is 0.308. The minimum Gasteiger partial charge on any atom is -0.367 e. The molecule has 3 aromatic heterocycles. The second kappa shape index (κ2) is 8.94. The second-order valence-corrected chi connectivity index (χ2v) is 9.16. The minimum absolute atomic E-state index is 0.0774. The molecule has 1 aliphatic rings. The van der Waals surface area contributed by atoms with Crippen molar-refractivity contribution < 1.29 is 13.5 Å². The molecule has 36 heavy (non-hydrogen) atoms. The van der Waals surface area contributed by atoms with E-state index in [1.807, 2.05) is 11.8 Å². The van der Waals surface area contributed by atoms with Crippen molar-refractivity contribution in [1.29, 1.82) is 0 Å². The smallest absolute Gasteiger partial charge is 0.277 e. The molecule has 0 N–H and O–H groups in total. The Morgan fingerprint density at radius 3 is 2.53 bits per heavy atom. The molecule has 0 saturated carbocycles. The van der Waals surface area contributed by atoms with E-state index in [0.717, 1.165) is 17.7 Å². The second-order valence-electron chi connectivity index (χ2n) is 9.16. The molecule has 186 valence electrons. The Morgan fingerprint density at radius 2 is 1.81 bits per heavy atom. The molecule has 1 aliphatic heterocycles. The van der Waals surface area contributed by atoms with Gasteiger partial charge >= 0.3 is 0 Å². The molecule has 0 aliphatic carbocycles. The van der Waals surface area contributed by atoms with Gasteiger partial charge < -0.3 is 18.8 Å². The number of ether oxygens (including phenoxy) is 1. The maximum Gasteiger partial charge on any atom is 0.277 e. The molecule has 8 nitrogen and oxygen atoms in total. The van der Waals surface area contributed by atoms with Gasteiger partial charge in [0.15, 0.2) is 0 Å². The van der Waals surface area contributed by atoms with E-state index < -0.39 is 11.6 Å². The van der Waals surface area contributed by atoms with Crippen LogP contribution in [0.15, 0.2) is 52.2 Å². The summed E-state index contributed by atoms with van der Waals surface area (Å²) in [7, 11) is 3.31. The zero-order valence-electron chi connectivity index (χ0n) is 20.3. The average molecular weight is 494 g/mol. The highest BCUT2D eigenvalue weighted by Crippen LogP contribution is 2.32. The summed E-state index contributed by atoms with van der Waals surface area (Å²) in [6.45, 7) is 4.46. The molecular weight excluding hydrogens is 468 g/mol. The Hall–Kier alpha value is -3.92. The monoisotopic (exact) mass is 493 g/mol. The lowest BCUT2D eigenvalue weighted by Crippen LogP contribution is -2.44. The first-order valence-corrected chi connectivity index (χ1v) is 11.5. The van der Waals surface area contributed by atoms with Crippen LogP contribution in [0.4, 0.5) is 14.7 Å². The molecular formula is C26H25F2N5O3. The zero-order chi connectivity index (χ0) is 25.7. The van der Waals surface area contributed by atoms with E-state index >= 15 is 0 Å². The molecule has 0 bridgehead atoms. The number of halogens is 2. The van der Waals surface area contributed by atoms with Crippen molar-refractivity contribution in [1.82, 2.24) is 19.1 Å². The van der Waals surface area contributed by atoms with Crippen LogP contribution in [0, 0.1) is 18.6 Å². The Morgan fingerprint density at radius 1 is 1.03 bits per heavy atom. The molecule has 2 atom stereocenters. The van der Waals surface area contributed by atoms with E-state index in [2.05, 4.69) is 9.97 Å². The van der Waals surface area contributed by atoms with Crippen molar-refractivity contribution in [3.63, 3.8) is 0 Å². The summed E-state index contributed by atoms with van der Waals surface area (Å²) in [6.07, 6.45) is 1.13. The molecule has 1 aromatic carbocycles. The maximum atomic E-state index is 14.9. The minimum atomic E-state index is -0.780. The van der Waals surface area contributed by atoms with Crippen molar-refractivity contribution in [2.75, 3.05) is 18.0 Å². The van der Waals surface area contributed by atoms with Gasteiger partial charge in [-0.05, 0) is 43.7 Å². The van der Waals surface area contributed by atoms with Gasteiger partial charge in [0.2, 0.25) is 11.5 Å². The number of hydrogen-bond acceptors (Lipinski definition) is 6. The number of morpholine rings is 1. The molecule has 10 heteroatoms. The number of anilines is 1. The van der Waals surface area contributed by atoms with Gasteiger partial charge in [-0.25, -0.2) is 18.7 Å². The molecule has 1 fully saturated rings. The van der Waals surface area contributed by atoms with Crippen LogP contribution in [0.3, 0.4) is 0 Å². The Labute approximate surface area is 205 Å². The first kappa shape index (κ1) is 23.8. The van der Waals surface area contributed by atoms with Crippen molar-refractivity contribution in [2.24, 2.45) is 14.1 Å². The normalized spacial score (nSPS) is 18.1. The van der Waals surface area contributed by atoms with E-state index in [4.69, 9.17) is 4.74 Å². The van der Waals surface area contributed by atoms with Crippen LogP contribution in [0.25, 0.3) is 22.2 Å². The fourth-order valence-electron chi connectivity index (χ4n) is 4.51. The number of aromatic nitrogens is 4. The number of benzene rings is 1. The fourth-order valence-corrected chi connectivity index (χ4v) is 4.51. The van der Waals surface area contributed by atoms with Crippen LogP contribution in [-0.2, 0) is 18.8 Å². The van der Waals surface area contributed by atoms with Crippen LogP contribution in [0.5, 0.6) is 0 Å². The lowest BCUT2D eigenvalue weighted by atomic mass is 10.1. The first-order chi connectivity index (χ1) is 17.1. The lowest BCUT2D eigenvalue weighted by Gasteiger charge is -2.37. The van der Waals surface area contributed by atoms with E-state index in [-0.39, 0.29) is 46.0 Å². The summed E-state index contributed by atoms with van der Waals surface area (Å²) in [5.74, 6) is -1.24. The number of pyridine rings is 2. The molecule has 0 radical (unpaired) electrons. The molecule has 0 unspecified atom stereocenters. The predicted molar refractivity (Wildman–Crippen MR) is 132 cm³/mol. The summed E-state index contributed by atoms with van der Waals surface area (Å²) in [5, 5.41) is 0.390. The van der Waals surface area contributed by atoms with E-state index in [1.165, 1.54) is 21.3 Å². The van der Waals surface area contributed by atoms with Crippen molar-refractivity contribution in [3.05, 3.63) is 86.2 Å². The zero-order valence-corrected chi connectivity index (χ0v) is 20.3. The third-order valence-electron chi connectivity index (χ3n) is 6.53. The number of aryl methyl sites for hydroxylation is 2. The average Bonchev–Trinajstić information content (AvgIpc) is 2.84. The summed E-state index contributed by atoms with van der Waals surface area (Å²) in [6, 6.07) is 8.21. The van der Waals surface area contributed by atoms with Crippen LogP contribution >= 0.6 is 0 Å². The van der Waals surface area contributed by atoms with Gasteiger partial charge in [-0.15, -0.1) is 0 Å². The van der Waals surface area contributed by atoms with Crippen LogP contribution in [0.2, 0.25) is 0 Å². The number of hydrogen-bond donors (Lipinski definition) is 0. The maximum absolute atomic E-state index is 14.9. The molecule has 4 aromatic rings. The summed E-state index contributed by atoms with van der Waals surface area (Å²) < 4.78 is 37.6. The summed E-state index contributed by atoms with van der Waals surface area (Å²) in [5.41, 5.74) is 1.43. The molecule has 5 rings (SSSR count). The predicted octanol–water partition coefficient (Wildman–Crippen LogP) is 3.25. The molecule has 1 saturated heterocycles. The molecule has 0 spiro atoms. The Bertz CT molecular complexity index is 1610. The summed E-state index contributed by atoms with van der Waals surface area (Å²) in [4.78, 5) is 36.2. The molecule has 0 amide bonds. The number of fused-ring (bicyclic) bond motifs is 1. The highest BCUT2D eigenvalue weighted by molar-refractivity contribution is 5.93. The van der Waals surface area contributed by atoms with E-state index in [1.54, 1.807) is 39.3 Å². The third kappa shape index (κ3) is 4.17. The van der Waals surface area contributed by atoms with Crippen LogP contribution in [0.1, 0.15) is 24.3 Å². The SMILES string of the molecule is Cc1cc2c(-c3ccc(F)cc3F)nc(N3C[C@@H](C)O[C@@H](c4ccc(=O)n(C)c4)C3)nc2c(=O)n1C. The van der Waals surface area contributed by atoms with Crippen molar-refractivity contribution in [2.45, 2.75) is 26.1 Å². The van der Waals surface area contributed by atoms with Crippen LogP contribution < -0.4 is 16.0 Å². The van der Waals surface area contributed by atoms with Gasteiger partial charge in [0.05, 0.1) is 18.3 Å². The highest BCUT2D eigenvalue weighted by Gasteiger charge is 2.30. The van der Waals surface area contributed by atoms with E-state index in [9.17, 15) is 18.4 Å². The Balaban J connectivity index is 1.67. The van der Waals surface area contributed by atoms with Gasteiger partial charge in [-0.2, -0.15) is 0 Å². The van der Waals surface area contributed by atoms with Crippen molar-refractivity contribution in [3.8, 4) is 11.3 Å². The summed E-state index contributed by atoms with van der Waals surface area (Å²) >= 11 is 0. The van der Waals surface area contributed by atoms with Gasteiger partial charge in [0, 0.05) is 55.6 Å². The largest absolute Gasteiger partial charge is 0.367 e. The van der Waals surface area contributed by atoms with Gasteiger partial charge in [0.25, 0.3) is 5.56 Å². The van der Waals surface area contributed by atoms with Gasteiger partial charge in [-0.1, -0.05) is 0 Å². The van der Waals surface area contributed by atoms with Gasteiger partial charge in [-0.3, -0.25) is 9.59 Å². The third-order valence-corrected chi connectivity index (χ3v) is 6.53. The van der Waals surface area contributed by atoms with E-state index in [0.29, 0.717) is 24.2 Å². The highest BCUT2D eigenvalue weighted by atomic mass is 19.1. The number of nitrogens with zero attached hydrogens (tertiary/aromatic N) is 5. The standard InChI is InChI=1S/C26H25F2N5O3/c1-14-9-19-23(18-7-6-17(27)10-20(18)28)29-26(30-24(19)25(35)32(14)4)33-11-15(2)36-21(13-33)16-5-8-22(34)31(3)12-16/h5-10,12,15,21H,11,13H2,1-4H3/t15-,21-/m1/s1. The Kier molecular flexibility index (Phi) is 5.91. The van der Waals surface area contributed by atoms with Gasteiger partial charge in [0.1, 0.15) is 23.3 Å². The lowest BCUT2D eigenvalue weighted by molar-refractivity contribution is -0.0181. The van der Waals surface area contributed by atoms with Crippen LogP contribution in [-0.4, -0.2) is 38.3 Å². The quantitative estimate of drug-likeness (QED) is 0.436. The topological polar surface area (TPSA) is 82.2 Å². The molecule has 4 heterocycles. The number of rotatable bonds is 3.